The highest BCUT2D eigenvalue weighted by Crippen LogP contribution is 2.24. The molecule has 8 heteroatoms. The number of halogens is 2. The molecule has 0 spiro atoms. The van der Waals surface area contributed by atoms with Crippen molar-refractivity contribution in [1.29, 1.82) is 0 Å². The van der Waals surface area contributed by atoms with Gasteiger partial charge in [0.1, 0.15) is 5.75 Å². The standard InChI is InChI=1S/C19H21F2N3O3/c1-10(2)23-18(26)16-13(5-4-6-14(16)22)17(25)24-15-8-7-12(9-11(15)3)27-19(20)21/h4-10,19H,22H2,1-3H3,(H,23,26)(H,24,25). The maximum atomic E-state index is 12.7. The molecule has 0 radical (unpaired) electrons. The molecular weight excluding hydrogens is 356 g/mol. The Labute approximate surface area is 155 Å². The van der Waals surface area contributed by atoms with Crippen molar-refractivity contribution in [1.82, 2.24) is 5.32 Å². The van der Waals surface area contributed by atoms with Crippen LogP contribution in [0.15, 0.2) is 36.4 Å². The summed E-state index contributed by atoms with van der Waals surface area (Å²) in [5.41, 5.74) is 7.20. The molecule has 0 bridgehead atoms. The number of amides is 2. The lowest BCUT2D eigenvalue weighted by atomic mass is 10.0. The maximum Gasteiger partial charge on any atom is 0.387 e. The molecule has 0 aliphatic carbocycles. The van der Waals surface area contributed by atoms with Crippen LogP contribution in [0.1, 0.15) is 40.1 Å². The smallest absolute Gasteiger partial charge is 0.387 e. The molecule has 2 aromatic carbocycles. The molecule has 2 aromatic rings. The average Bonchev–Trinajstić information content (AvgIpc) is 2.55. The van der Waals surface area contributed by atoms with Gasteiger partial charge in [0, 0.05) is 17.4 Å². The number of carbonyl (C=O) groups excluding carboxylic acids is 2. The molecule has 2 rings (SSSR count). The largest absolute Gasteiger partial charge is 0.435 e. The normalized spacial score (nSPS) is 10.8. The molecule has 0 aliphatic rings. The Morgan fingerprint density at radius 1 is 1.11 bits per heavy atom. The van der Waals surface area contributed by atoms with Gasteiger partial charge in [0.05, 0.1) is 11.1 Å². The topological polar surface area (TPSA) is 93.4 Å². The first-order valence-corrected chi connectivity index (χ1v) is 8.25. The first-order chi connectivity index (χ1) is 12.7. The fraction of sp³-hybridized carbons (Fsp3) is 0.263. The molecule has 0 saturated heterocycles. The van der Waals surface area contributed by atoms with Gasteiger partial charge >= 0.3 is 6.61 Å². The lowest BCUT2D eigenvalue weighted by Crippen LogP contribution is -2.32. The highest BCUT2D eigenvalue weighted by atomic mass is 19.3. The lowest BCUT2D eigenvalue weighted by Gasteiger charge is -2.15. The molecule has 27 heavy (non-hydrogen) atoms. The van der Waals surface area contributed by atoms with Crippen molar-refractivity contribution in [3.05, 3.63) is 53.1 Å². The van der Waals surface area contributed by atoms with Gasteiger partial charge in [-0.3, -0.25) is 9.59 Å². The van der Waals surface area contributed by atoms with Crippen molar-refractivity contribution in [3.8, 4) is 5.75 Å². The van der Waals surface area contributed by atoms with Crippen LogP contribution in [0.5, 0.6) is 5.75 Å². The monoisotopic (exact) mass is 377 g/mol. The molecule has 0 saturated carbocycles. The Balaban J connectivity index is 2.29. The number of nitrogens with one attached hydrogen (secondary N) is 2. The first kappa shape index (κ1) is 20.2. The van der Waals surface area contributed by atoms with Crippen molar-refractivity contribution in [2.45, 2.75) is 33.4 Å². The number of carbonyl (C=O) groups is 2. The zero-order chi connectivity index (χ0) is 20.1. The van der Waals surface area contributed by atoms with Gasteiger partial charge in [0.2, 0.25) is 0 Å². The predicted octanol–water partition coefficient (Wildman–Crippen LogP) is 3.57. The van der Waals surface area contributed by atoms with E-state index < -0.39 is 18.4 Å². The van der Waals surface area contributed by atoms with E-state index in [2.05, 4.69) is 15.4 Å². The number of alkyl halides is 2. The summed E-state index contributed by atoms with van der Waals surface area (Å²) >= 11 is 0. The van der Waals surface area contributed by atoms with Crippen LogP contribution in [-0.2, 0) is 0 Å². The number of hydrogen-bond acceptors (Lipinski definition) is 4. The summed E-state index contributed by atoms with van der Waals surface area (Å²) in [5.74, 6) is -1.01. The molecular formula is C19H21F2N3O3. The summed E-state index contributed by atoms with van der Waals surface area (Å²) in [7, 11) is 0. The Bertz CT molecular complexity index is 854. The van der Waals surface area contributed by atoms with Crippen LogP contribution in [0.2, 0.25) is 0 Å². The van der Waals surface area contributed by atoms with E-state index in [0.717, 1.165) is 0 Å². The van der Waals surface area contributed by atoms with Crippen molar-refractivity contribution in [3.63, 3.8) is 0 Å². The molecule has 0 fully saturated rings. The van der Waals surface area contributed by atoms with Crippen LogP contribution in [-0.4, -0.2) is 24.5 Å². The van der Waals surface area contributed by atoms with E-state index in [4.69, 9.17) is 5.73 Å². The summed E-state index contributed by atoms with van der Waals surface area (Å²) in [6.45, 7) is 2.30. The molecule has 2 amide bonds. The average molecular weight is 377 g/mol. The van der Waals surface area contributed by atoms with Gasteiger partial charge in [-0.15, -0.1) is 0 Å². The minimum Gasteiger partial charge on any atom is -0.435 e. The van der Waals surface area contributed by atoms with Gasteiger partial charge in [0.25, 0.3) is 11.8 Å². The summed E-state index contributed by atoms with van der Waals surface area (Å²) in [4.78, 5) is 25.1. The van der Waals surface area contributed by atoms with Crippen molar-refractivity contribution < 1.29 is 23.1 Å². The van der Waals surface area contributed by atoms with Gasteiger partial charge in [-0.2, -0.15) is 8.78 Å². The van der Waals surface area contributed by atoms with E-state index in [9.17, 15) is 18.4 Å². The molecule has 6 nitrogen and oxygen atoms in total. The van der Waals surface area contributed by atoms with Crippen LogP contribution >= 0.6 is 0 Å². The summed E-state index contributed by atoms with van der Waals surface area (Å²) < 4.78 is 28.9. The SMILES string of the molecule is Cc1cc(OC(F)F)ccc1NC(=O)c1cccc(N)c1C(=O)NC(C)C. The Hall–Kier alpha value is -3.16. The fourth-order valence-electron chi connectivity index (χ4n) is 2.49. The van der Waals surface area contributed by atoms with Gasteiger partial charge in [-0.05, 0) is 56.7 Å². The van der Waals surface area contributed by atoms with Crippen molar-refractivity contribution in [2.75, 3.05) is 11.1 Å². The minimum atomic E-state index is -2.93. The van der Waals surface area contributed by atoms with Gasteiger partial charge < -0.3 is 21.1 Å². The van der Waals surface area contributed by atoms with E-state index in [-0.39, 0.29) is 28.6 Å². The van der Waals surface area contributed by atoms with Crippen molar-refractivity contribution in [2.24, 2.45) is 0 Å². The quantitative estimate of drug-likeness (QED) is 0.671. The first-order valence-electron chi connectivity index (χ1n) is 8.25. The zero-order valence-electron chi connectivity index (χ0n) is 15.2. The second-order valence-corrected chi connectivity index (χ2v) is 6.21. The number of hydrogen-bond donors (Lipinski definition) is 3. The summed E-state index contributed by atoms with van der Waals surface area (Å²) in [6, 6.07) is 8.62. The van der Waals surface area contributed by atoms with E-state index in [0.29, 0.717) is 11.3 Å². The second kappa shape index (κ2) is 8.48. The van der Waals surface area contributed by atoms with Crippen LogP contribution in [0, 0.1) is 6.92 Å². The number of rotatable bonds is 6. The molecule has 0 aromatic heterocycles. The molecule has 0 atom stereocenters. The summed E-state index contributed by atoms with van der Waals surface area (Å²) in [6.07, 6.45) is 0. The van der Waals surface area contributed by atoms with Gasteiger partial charge in [-0.1, -0.05) is 6.07 Å². The van der Waals surface area contributed by atoms with Crippen LogP contribution < -0.4 is 21.1 Å². The van der Waals surface area contributed by atoms with E-state index >= 15 is 0 Å². The number of nitrogen functional groups attached to an aromatic ring is 1. The second-order valence-electron chi connectivity index (χ2n) is 6.21. The third-order valence-corrected chi connectivity index (χ3v) is 3.66. The maximum absolute atomic E-state index is 12.7. The molecule has 0 heterocycles. The minimum absolute atomic E-state index is 0.0125. The van der Waals surface area contributed by atoms with Crippen LogP contribution in [0.25, 0.3) is 0 Å². The summed E-state index contributed by atoms with van der Waals surface area (Å²) in [5, 5.41) is 5.37. The number of nitrogens with two attached hydrogens (primary N) is 1. The fourth-order valence-corrected chi connectivity index (χ4v) is 2.49. The van der Waals surface area contributed by atoms with E-state index in [1.165, 1.54) is 30.3 Å². The van der Waals surface area contributed by atoms with Crippen molar-refractivity contribution >= 4 is 23.2 Å². The van der Waals surface area contributed by atoms with Crippen LogP contribution in [0.3, 0.4) is 0 Å². The van der Waals surface area contributed by atoms with E-state index in [1.807, 2.05) is 0 Å². The van der Waals surface area contributed by atoms with E-state index in [1.54, 1.807) is 26.8 Å². The highest BCUT2D eigenvalue weighted by molar-refractivity contribution is 6.14. The third-order valence-electron chi connectivity index (χ3n) is 3.66. The Morgan fingerprint density at radius 3 is 2.41 bits per heavy atom. The number of ether oxygens (including phenoxy) is 1. The highest BCUT2D eigenvalue weighted by Gasteiger charge is 2.21. The number of benzene rings is 2. The van der Waals surface area contributed by atoms with Gasteiger partial charge in [0.15, 0.2) is 0 Å². The lowest BCUT2D eigenvalue weighted by molar-refractivity contribution is -0.0498. The zero-order valence-corrected chi connectivity index (χ0v) is 15.2. The number of anilines is 2. The Kier molecular flexibility index (Phi) is 6.33. The predicted molar refractivity (Wildman–Crippen MR) is 99.2 cm³/mol. The van der Waals surface area contributed by atoms with Gasteiger partial charge in [-0.25, -0.2) is 0 Å². The number of aryl methyl sites for hydroxylation is 1. The Morgan fingerprint density at radius 2 is 1.81 bits per heavy atom. The van der Waals surface area contributed by atoms with Crippen LogP contribution in [0.4, 0.5) is 20.2 Å². The molecule has 0 unspecified atom stereocenters. The molecule has 0 aliphatic heterocycles. The molecule has 144 valence electrons. The third kappa shape index (κ3) is 5.16. The molecule has 4 N–H and O–H groups in total.